The van der Waals surface area contributed by atoms with Gasteiger partial charge in [0, 0.05) is 51.1 Å². The van der Waals surface area contributed by atoms with Gasteiger partial charge in [-0.05, 0) is 68.7 Å². The van der Waals surface area contributed by atoms with Gasteiger partial charge in [0.25, 0.3) is 5.91 Å². The Bertz CT molecular complexity index is 1860. The number of nitrogens with one attached hydrogen (secondary N) is 1. The molecule has 2 N–H and O–H groups in total. The van der Waals surface area contributed by atoms with Crippen molar-refractivity contribution in [1.82, 2.24) is 14.1 Å². The van der Waals surface area contributed by atoms with Gasteiger partial charge in [0.2, 0.25) is 15.9 Å². The molecule has 0 bridgehead atoms. The number of carboxylic acid groups (broad SMARTS) is 1. The molecule has 1 aliphatic carbocycles. The summed E-state index contributed by atoms with van der Waals surface area (Å²) in [7, 11) is -3.48. The van der Waals surface area contributed by atoms with Gasteiger partial charge >= 0.3 is 5.97 Å². The third kappa shape index (κ3) is 7.60. The Morgan fingerprint density at radius 1 is 1.00 bits per heavy atom. The third-order valence-electron chi connectivity index (χ3n) is 10.1. The zero-order valence-electron chi connectivity index (χ0n) is 27.9. The number of carbonyl (C=O) groups excluding carboxylic acids is 2. The molecule has 1 saturated carbocycles. The molecule has 1 aromatic heterocycles. The van der Waals surface area contributed by atoms with Crippen LogP contribution >= 0.6 is 11.6 Å². The number of para-hydroxylation sites is 1. The van der Waals surface area contributed by atoms with Gasteiger partial charge in [0.15, 0.2) is 5.78 Å². The van der Waals surface area contributed by atoms with Crippen LogP contribution in [0.3, 0.4) is 0 Å². The average Bonchev–Trinajstić information content (AvgIpc) is 3.71. The standard InChI is InChI=1S/C35H42ClFN4O8S/c1-50(46,47)41-16-6-15-40(17-18-41)35(39-13-4-5-14-39,49-25-11-9-23(10-12-25)34(44)45)32(42)20-24-19-28(36)30(21-29(24)37)38-33(43)27-22-48-31-8-3-2-7-26(27)31/h2-3,7-8,19,21-23,25H,4-6,9-18,20H2,1H3,(H,38,43)(H,44,45). The second-order valence-corrected chi connectivity index (χ2v) is 15.7. The molecule has 2 saturated heterocycles. The van der Waals surface area contributed by atoms with E-state index in [0.29, 0.717) is 62.7 Å². The maximum Gasteiger partial charge on any atom is 0.306 e. The van der Waals surface area contributed by atoms with Crippen molar-refractivity contribution < 1.29 is 41.5 Å². The van der Waals surface area contributed by atoms with E-state index in [-0.39, 0.29) is 47.9 Å². The summed E-state index contributed by atoms with van der Waals surface area (Å²) < 4.78 is 54.6. The smallest absolute Gasteiger partial charge is 0.306 e. The molecule has 1 amide bonds. The van der Waals surface area contributed by atoms with E-state index in [2.05, 4.69) is 5.32 Å². The third-order valence-corrected chi connectivity index (χ3v) is 11.7. The van der Waals surface area contributed by atoms with Gasteiger partial charge in [-0.3, -0.25) is 24.2 Å². The van der Waals surface area contributed by atoms with Crippen molar-refractivity contribution in [3.63, 3.8) is 0 Å². The van der Waals surface area contributed by atoms with Crippen LogP contribution in [0.1, 0.15) is 60.9 Å². The van der Waals surface area contributed by atoms with Crippen LogP contribution in [0, 0.1) is 11.7 Å². The van der Waals surface area contributed by atoms with E-state index in [4.69, 9.17) is 20.8 Å². The number of nitrogens with zero attached hydrogens (tertiary/aromatic N) is 3. The van der Waals surface area contributed by atoms with Crippen LogP contribution in [0.5, 0.6) is 0 Å². The first-order valence-electron chi connectivity index (χ1n) is 17.0. The topological polar surface area (TPSA) is 150 Å². The first-order chi connectivity index (χ1) is 23.9. The summed E-state index contributed by atoms with van der Waals surface area (Å²) in [5, 5.41) is 12.8. The fraction of sp³-hybridized carbons (Fsp3) is 0.514. The summed E-state index contributed by atoms with van der Waals surface area (Å²) >= 11 is 6.60. The fourth-order valence-corrected chi connectivity index (χ4v) is 8.53. The van der Waals surface area contributed by atoms with E-state index in [1.165, 1.54) is 16.6 Å². The van der Waals surface area contributed by atoms with Gasteiger partial charge in [-0.15, -0.1) is 0 Å². The first kappa shape index (κ1) is 36.4. The fourth-order valence-electron chi connectivity index (χ4n) is 7.43. The number of amides is 1. The number of furan rings is 1. The molecule has 0 radical (unpaired) electrons. The lowest BCUT2D eigenvalue weighted by atomic mass is 9.87. The monoisotopic (exact) mass is 732 g/mol. The lowest BCUT2D eigenvalue weighted by Crippen LogP contribution is -2.68. The number of likely N-dealkylation sites (tertiary alicyclic amines) is 1. The van der Waals surface area contributed by atoms with Crippen molar-refractivity contribution in [3.05, 3.63) is 64.6 Å². The second kappa shape index (κ2) is 15.1. The molecule has 3 aromatic rings. The zero-order chi connectivity index (χ0) is 35.6. The van der Waals surface area contributed by atoms with Crippen molar-refractivity contribution in [3.8, 4) is 0 Å². The molecule has 1 unspecified atom stereocenters. The Balaban J connectivity index is 1.30. The van der Waals surface area contributed by atoms with Crippen molar-refractivity contribution in [1.29, 1.82) is 0 Å². The van der Waals surface area contributed by atoms with Crippen molar-refractivity contribution >= 4 is 55.9 Å². The molecule has 50 heavy (non-hydrogen) atoms. The molecule has 12 nitrogen and oxygen atoms in total. The van der Waals surface area contributed by atoms with Crippen molar-refractivity contribution in [2.24, 2.45) is 5.92 Å². The average molecular weight is 733 g/mol. The normalized spacial score (nSPS) is 22.6. The highest BCUT2D eigenvalue weighted by atomic mass is 35.5. The second-order valence-electron chi connectivity index (χ2n) is 13.4. The minimum atomic E-state index is -3.48. The summed E-state index contributed by atoms with van der Waals surface area (Å²) in [5.41, 5.74) is 0.825. The number of ether oxygens (including phenoxy) is 1. The molecule has 1 atom stereocenters. The Labute approximate surface area is 295 Å². The molecule has 2 aromatic carbocycles. The Kier molecular flexibility index (Phi) is 11.0. The maximum absolute atomic E-state index is 15.9. The first-order valence-corrected chi connectivity index (χ1v) is 19.2. The van der Waals surface area contributed by atoms with E-state index >= 15 is 4.39 Å². The lowest BCUT2D eigenvalue weighted by molar-refractivity contribution is -0.255. The van der Waals surface area contributed by atoms with E-state index in [1.54, 1.807) is 24.3 Å². The predicted molar refractivity (Wildman–Crippen MR) is 185 cm³/mol. The van der Waals surface area contributed by atoms with E-state index in [1.807, 2.05) is 9.80 Å². The Morgan fingerprint density at radius 3 is 2.38 bits per heavy atom. The van der Waals surface area contributed by atoms with Crippen molar-refractivity contribution in [2.45, 2.75) is 63.3 Å². The molecule has 0 spiro atoms. The highest BCUT2D eigenvalue weighted by Gasteiger charge is 2.53. The zero-order valence-corrected chi connectivity index (χ0v) is 29.5. The van der Waals surface area contributed by atoms with Gasteiger partial charge in [-0.2, -0.15) is 0 Å². The maximum atomic E-state index is 15.9. The molecular formula is C35H42ClFN4O8S. The van der Waals surface area contributed by atoms with Crippen LogP contribution in [-0.4, -0.2) is 103 Å². The molecule has 2 aliphatic heterocycles. The highest BCUT2D eigenvalue weighted by Crippen LogP contribution is 2.37. The van der Waals surface area contributed by atoms with Gasteiger partial charge < -0.3 is 19.6 Å². The quantitative estimate of drug-likeness (QED) is 0.277. The Hall–Kier alpha value is -3.40. The molecule has 270 valence electrons. The van der Waals surface area contributed by atoms with Gasteiger partial charge in [-0.1, -0.05) is 29.8 Å². The molecule has 3 fully saturated rings. The summed E-state index contributed by atoms with van der Waals surface area (Å²) in [6, 6.07) is 9.44. The number of hydrogen-bond acceptors (Lipinski definition) is 9. The largest absolute Gasteiger partial charge is 0.481 e. The SMILES string of the molecule is CS(=O)(=O)N1CCCN(C(OC2CCC(C(=O)O)CC2)(C(=O)Cc2cc(Cl)c(NC(=O)c3coc4ccccc34)cc2F)N2CCCC2)CC1. The van der Waals surface area contributed by atoms with Crippen LogP contribution in [-0.2, 0) is 30.8 Å². The molecular weight excluding hydrogens is 691 g/mol. The number of rotatable bonds is 11. The number of anilines is 1. The van der Waals surface area contributed by atoms with E-state index < -0.39 is 51.4 Å². The number of carboxylic acids is 1. The molecule has 3 aliphatic rings. The Morgan fingerprint density at radius 2 is 1.68 bits per heavy atom. The number of carbonyl (C=O) groups is 3. The number of ketones is 1. The number of Topliss-reactive ketones (excluding diaryl/α,β-unsaturated/α-hetero) is 1. The van der Waals surface area contributed by atoms with Crippen LogP contribution in [0.4, 0.5) is 10.1 Å². The van der Waals surface area contributed by atoms with Crippen LogP contribution < -0.4 is 5.32 Å². The molecule has 6 rings (SSSR count). The lowest BCUT2D eigenvalue weighted by Gasteiger charge is -2.49. The van der Waals surface area contributed by atoms with Crippen LogP contribution in [0.25, 0.3) is 11.0 Å². The highest BCUT2D eigenvalue weighted by molar-refractivity contribution is 7.88. The van der Waals surface area contributed by atoms with Crippen LogP contribution in [0.2, 0.25) is 5.02 Å². The molecule has 3 heterocycles. The number of benzene rings is 2. The molecule has 15 heteroatoms. The summed E-state index contributed by atoms with van der Waals surface area (Å²) in [6.07, 6.45) is 5.40. The number of hydrogen-bond donors (Lipinski definition) is 2. The van der Waals surface area contributed by atoms with Gasteiger partial charge in [0.05, 0.1) is 34.6 Å². The summed E-state index contributed by atoms with van der Waals surface area (Å²) in [4.78, 5) is 43.5. The minimum absolute atomic E-state index is 0.0149. The van der Waals surface area contributed by atoms with Gasteiger partial charge in [0.1, 0.15) is 17.7 Å². The summed E-state index contributed by atoms with van der Waals surface area (Å²) in [6.45, 7) is 2.08. The van der Waals surface area contributed by atoms with Gasteiger partial charge in [-0.25, -0.2) is 17.1 Å². The van der Waals surface area contributed by atoms with Crippen LogP contribution in [0.15, 0.2) is 47.1 Å². The van der Waals surface area contributed by atoms with E-state index in [9.17, 15) is 27.9 Å². The number of fused-ring (bicyclic) bond motifs is 1. The number of halogens is 2. The predicted octanol–water partition coefficient (Wildman–Crippen LogP) is 4.97. The summed E-state index contributed by atoms with van der Waals surface area (Å²) in [5.74, 6) is -4.70. The van der Waals surface area contributed by atoms with E-state index in [0.717, 1.165) is 25.2 Å². The van der Waals surface area contributed by atoms with Crippen molar-refractivity contribution in [2.75, 3.05) is 50.8 Å². The minimum Gasteiger partial charge on any atom is -0.481 e. The number of aliphatic carboxylic acids is 1. The number of sulfonamides is 1.